The molecular formula is C28H29FN6O4. The number of H-pyrrole nitrogens is 1. The van der Waals surface area contributed by atoms with Crippen LogP contribution in [0.4, 0.5) is 20.6 Å². The van der Waals surface area contributed by atoms with Gasteiger partial charge in [-0.1, -0.05) is 0 Å². The highest BCUT2D eigenvalue weighted by atomic mass is 19.1. The lowest BCUT2D eigenvalue weighted by molar-refractivity contribution is -0.142. The summed E-state index contributed by atoms with van der Waals surface area (Å²) in [6, 6.07) is 16.0. The number of carbonyl (C=O) groups is 2. The van der Waals surface area contributed by atoms with Gasteiger partial charge in [-0.2, -0.15) is 0 Å². The van der Waals surface area contributed by atoms with E-state index in [0.717, 1.165) is 11.2 Å². The normalized spacial score (nSPS) is 10.7. The number of imidazole rings is 1. The molecule has 0 aliphatic carbocycles. The maximum Gasteiger partial charge on any atom is 0.419 e. The monoisotopic (exact) mass is 532 g/mol. The highest BCUT2D eigenvalue weighted by Gasteiger charge is 2.21. The summed E-state index contributed by atoms with van der Waals surface area (Å²) in [4.78, 5) is 34.3. The predicted molar refractivity (Wildman–Crippen MR) is 147 cm³/mol. The van der Waals surface area contributed by atoms with Gasteiger partial charge < -0.3 is 25.5 Å². The number of amides is 1. The fourth-order valence-electron chi connectivity index (χ4n) is 3.92. The van der Waals surface area contributed by atoms with Crippen LogP contribution in [-0.4, -0.2) is 41.0 Å². The molecule has 1 aromatic heterocycles. The van der Waals surface area contributed by atoms with Gasteiger partial charge in [-0.3, -0.25) is 15.1 Å². The van der Waals surface area contributed by atoms with E-state index in [9.17, 15) is 14.0 Å². The SMILES string of the molecule is CCOC(=O)CCN(C(=O)Oc1ccc2[nH]c(CNc3ccc(C(=N)N)cc3)nc2c1C)c1ccc(F)cc1. The van der Waals surface area contributed by atoms with Crippen LogP contribution in [0.15, 0.2) is 60.7 Å². The summed E-state index contributed by atoms with van der Waals surface area (Å²) >= 11 is 0. The van der Waals surface area contributed by atoms with Crippen LogP contribution in [0.25, 0.3) is 11.0 Å². The summed E-state index contributed by atoms with van der Waals surface area (Å²) < 4.78 is 24.2. The minimum Gasteiger partial charge on any atom is -0.466 e. The first-order valence-electron chi connectivity index (χ1n) is 12.3. The minimum absolute atomic E-state index is 0.00376. The molecule has 4 aromatic rings. The number of amidine groups is 1. The zero-order chi connectivity index (χ0) is 27.9. The van der Waals surface area contributed by atoms with E-state index < -0.39 is 17.9 Å². The third kappa shape index (κ3) is 6.69. The number of ether oxygens (including phenoxy) is 2. The number of esters is 1. The van der Waals surface area contributed by atoms with Gasteiger partial charge in [-0.05, 0) is 74.5 Å². The number of nitrogens with zero attached hydrogens (tertiary/aromatic N) is 2. The zero-order valence-electron chi connectivity index (χ0n) is 21.6. The Bertz CT molecular complexity index is 1480. The van der Waals surface area contributed by atoms with Gasteiger partial charge in [0.1, 0.15) is 23.2 Å². The number of aromatic nitrogens is 2. The molecule has 1 heterocycles. The van der Waals surface area contributed by atoms with Crippen LogP contribution in [-0.2, 0) is 16.1 Å². The molecule has 0 spiro atoms. The predicted octanol–water partition coefficient (Wildman–Crippen LogP) is 4.87. The van der Waals surface area contributed by atoms with Gasteiger partial charge in [-0.25, -0.2) is 14.2 Å². The second kappa shape index (κ2) is 12.1. The van der Waals surface area contributed by atoms with Crippen LogP contribution in [0.5, 0.6) is 5.75 Å². The molecule has 0 saturated carbocycles. The molecule has 39 heavy (non-hydrogen) atoms. The van der Waals surface area contributed by atoms with E-state index in [1.54, 1.807) is 38.1 Å². The average Bonchev–Trinajstić information content (AvgIpc) is 3.34. The van der Waals surface area contributed by atoms with Gasteiger partial charge in [0.15, 0.2) is 0 Å². The third-order valence-corrected chi connectivity index (χ3v) is 5.96. The number of hydrogen-bond donors (Lipinski definition) is 4. The van der Waals surface area contributed by atoms with E-state index in [0.29, 0.717) is 40.4 Å². The maximum absolute atomic E-state index is 13.5. The van der Waals surface area contributed by atoms with Crippen LogP contribution in [0, 0.1) is 18.2 Å². The smallest absolute Gasteiger partial charge is 0.419 e. The Morgan fingerprint density at radius 2 is 1.82 bits per heavy atom. The van der Waals surface area contributed by atoms with Crippen LogP contribution >= 0.6 is 0 Å². The van der Waals surface area contributed by atoms with Crippen molar-refractivity contribution in [1.82, 2.24) is 9.97 Å². The van der Waals surface area contributed by atoms with Gasteiger partial charge >= 0.3 is 12.1 Å². The summed E-state index contributed by atoms with van der Waals surface area (Å²) in [5, 5.41) is 10.8. The van der Waals surface area contributed by atoms with Crippen LogP contribution in [0.1, 0.15) is 30.3 Å². The van der Waals surface area contributed by atoms with Crippen LogP contribution in [0.2, 0.25) is 0 Å². The second-order valence-electron chi connectivity index (χ2n) is 8.66. The number of anilines is 2. The van der Waals surface area contributed by atoms with Crippen molar-refractivity contribution >= 4 is 40.3 Å². The fraction of sp³-hybridized carbons (Fsp3) is 0.214. The molecule has 4 rings (SSSR count). The first kappa shape index (κ1) is 27.1. The standard InChI is InChI=1S/C28H29FN6O4/c1-3-38-25(36)14-15-35(21-10-6-19(29)7-11-21)28(37)39-23-13-12-22-26(17(23)2)34-24(33-22)16-32-20-8-4-18(5-9-20)27(30)31/h4-13,32H,3,14-16H2,1-2H3,(H3,30,31)(H,33,34). The van der Waals surface area contributed by atoms with Crippen molar-refractivity contribution in [3.8, 4) is 5.75 Å². The van der Waals surface area contributed by atoms with Crippen molar-refractivity contribution in [3.63, 3.8) is 0 Å². The van der Waals surface area contributed by atoms with Crippen molar-refractivity contribution in [2.45, 2.75) is 26.8 Å². The first-order chi connectivity index (χ1) is 18.7. The van der Waals surface area contributed by atoms with Gasteiger partial charge in [-0.15, -0.1) is 0 Å². The molecule has 1 amide bonds. The van der Waals surface area contributed by atoms with Crippen molar-refractivity contribution in [3.05, 3.63) is 83.4 Å². The Labute approximate surface area is 224 Å². The average molecular weight is 533 g/mol. The number of fused-ring (bicyclic) bond motifs is 1. The second-order valence-corrected chi connectivity index (χ2v) is 8.66. The molecule has 0 fully saturated rings. The van der Waals surface area contributed by atoms with Crippen molar-refractivity contribution in [1.29, 1.82) is 5.41 Å². The lowest BCUT2D eigenvalue weighted by Gasteiger charge is -2.22. The number of halogens is 1. The molecule has 0 saturated heterocycles. The highest BCUT2D eigenvalue weighted by Crippen LogP contribution is 2.27. The summed E-state index contributed by atoms with van der Waals surface area (Å²) in [6.07, 6.45) is -0.772. The summed E-state index contributed by atoms with van der Waals surface area (Å²) in [7, 11) is 0. The van der Waals surface area contributed by atoms with Crippen LogP contribution < -0.4 is 20.7 Å². The number of rotatable bonds is 10. The number of nitrogen functional groups attached to an aromatic ring is 1. The Balaban J connectivity index is 1.49. The van der Waals surface area contributed by atoms with Gasteiger partial charge in [0.2, 0.25) is 0 Å². The van der Waals surface area contributed by atoms with Crippen molar-refractivity contribution in [2.24, 2.45) is 5.73 Å². The van der Waals surface area contributed by atoms with Gasteiger partial charge in [0.25, 0.3) is 0 Å². The highest BCUT2D eigenvalue weighted by molar-refractivity contribution is 5.95. The van der Waals surface area contributed by atoms with E-state index in [-0.39, 0.29) is 25.4 Å². The number of hydrogen-bond acceptors (Lipinski definition) is 7. The summed E-state index contributed by atoms with van der Waals surface area (Å²) in [6.45, 7) is 4.13. The number of aryl methyl sites for hydroxylation is 1. The largest absolute Gasteiger partial charge is 0.466 e. The molecule has 3 aromatic carbocycles. The van der Waals surface area contributed by atoms with Crippen molar-refractivity contribution < 1.29 is 23.5 Å². The quantitative estimate of drug-likeness (QED) is 0.129. The number of nitrogens with two attached hydrogens (primary N) is 1. The van der Waals surface area contributed by atoms with E-state index >= 15 is 0 Å². The Kier molecular flexibility index (Phi) is 8.40. The molecule has 5 N–H and O–H groups in total. The van der Waals surface area contributed by atoms with E-state index in [1.807, 2.05) is 12.1 Å². The van der Waals surface area contributed by atoms with E-state index in [4.69, 9.17) is 20.6 Å². The van der Waals surface area contributed by atoms with Crippen LogP contribution in [0.3, 0.4) is 0 Å². The fourth-order valence-corrected chi connectivity index (χ4v) is 3.92. The Morgan fingerprint density at radius 1 is 1.10 bits per heavy atom. The maximum atomic E-state index is 13.5. The number of carbonyl (C=O) groups excluding carboxylic acids is 2. The molecule has 0 atom stereocenters. The first-order valence-corrected chi connectivity index (χ1v) is 12.3. The number of benzene rings is 3. The Morgan fingerprint density at radius 3 is 2.49 bits per heavy atom. The summed E-state index contributed by atoms with van der Waals surface area (Å²) in [5.41, 5.74) is 9.43. The molecular weight excluding hydrogens is 503 g/mol. The molecule has 0 bridgehead atoms. The molecule has 11 heteroatoms. The summed E-state index contributed by atoms with van der Waals surface area (Å²) in [5.74, 6) is 0.0832. The van der Waals surface area contributed by atoms with Gasteiger partial charge in [0, 0.05) is 29.0 Å². The molecule has 0 radical (unpaired) electrons. The molecule has 0 unspecified atom stereocenters. The number of nitrogens with one attached hydrogen (secondary N) is 3. The van der Waals surface area contributed by atoms with E-state index in [1.165, 1.54) is 29.2 Å². The molecule has 10 nitrogen and oxygen atoms in total. The topological polar surface area (TPSA) is 146 Å². The molecule has 202 valence electrons. The Hall–Kier alpha value is -4.93. The zero-order valence-corrected chi connectivity index (χ0v) is 21.6. The van der Waals surface area contributed by atoms with Gasteiger partial charge in [0.05, 0.1) is 30.6 Å². The molecule has 0 aliphatic heterocycles. The third-order valence-electron chi connectivity index (χ3n) is 5.96. The van der Waals surface area contributed by atoms with Crippen molar-refractivity contribution in [2.75, 3.05) is 23.4 Å². The lowest BCUT2D eigenvalue weighted by Crippen LogP contribution is -2.35. The molecule has 0 aliphatic rings. The van der Waals surface area contributed by atoms with E-state index in [2.05, 4.69) is 15.3 Å². The lowest BCUT2D eigenvalue weighted by atomic mass is 10.2. The number of aromatic amines is 1. The minimum atomic E-state index is -0.722.